The number of methoxy groups -OCH3 is 1. The third-order valence-electron chi connectivity index (χ3n) is 3.30. The van der Waals surface area contributed by atoms with E-state index >= 15 is 0 Å². The molecule has 0 bridgehead atoms. The highest BCUT2D eigenvalue weighted by atomic mass is 35.5. The Bertz CT molecular complexity index is 687. The molecule has 0 atom stereocenters. The van der Waals surface area contributed by atoms with Gasteiger partial charge in [0.2, 0.25) is 0 Å². The molecule has 1 aromatic heterocycles. The molecule has 2 rings (SSSR count). The van der Waals surface area contributed by atoms with Crippen LogP contribution < -0.4 is 15.4 Å². The van der Waals surface area contributed by atoms with Crippen molar-refractivity contribution in [2.75, 3.05) is 20.2 Å². The molecule has 130 valence electrons. The molecule has 0 aliphatic rings. The number of hydrogen-bond acceptors (Lipinski definition) is 4. The van der Waals surface area contributed by atoms with Crippen molar-refractivity contribution in [1.29, 1.82) is 0 Å². The van der Waals surface area contributed by atoms with Crippen molar-refractivity contribution >= 4 is 28.9 Å². The monoisotopic (exact) mass is 366 g/mol. The van der Waals surface area contributed by atoms with E-state index in [0.29, 0.717) is 11.6 Å². The summed E-state index contributed by atoms with van der Waals surface area (Å²) in [6.07, 6.45) is 2.79. The molecule has 1 heterocycles. The number of nitrogens with zero attached hydrogens (tertiary/aromatic N) is 2. The second-order valence-electron chi connectivity index (χ2n) is 5.19. The Kier molecular flexibility index (Phi) is 7.34. The van der Waals surface area contributed by atoms with Crippen molar-refractivity contribution < 1.29 is 4.74 Å². The van der Waals surface area contributed by atoms with E-state index < -0.39 is 0 Å². The highest BCUT2D eigenvalue weighted by Crippen LogP contribution is 2.23. The maximum Gasteiger partial charge on any atom is 0.191 e. The fourth-order valence-electron chi connectivity index (χ4n) is 2.16. The first-order valence-corrected chi connectivity index (χ1v) is 9.07. The summed E-state index contributed by atoms with van der Waals surface area (Å²) in [6.45, 7) is 6.23. The highest BCUT2D eigenvalue weighted by molar-refractivity contribution is 7.11. The van der Waals surface area contributed by atoms with Crippen molar-refractivity contribution in [3.05, 3.63) is 44.9 Å². The number of hydrogen-bond donors (Lipinski definition) is 2. The van der Waals surface area contributed by atoms with E-state index in [1.54, 1.807) is 24.5 Å². The summed E-state index contributed by atoms with van der Waals surface area (Å²) in [6, 6.07) is 5.59. The zero-order valence-corrected chi connectivity index (χ0v) is 15.8. The second-order valence-corrected chi connectivity index (χ2v) is 6.95. The van der Waals surface area contributed by atoms with Crippen LogP contribution in [0.25, 0.3) is 0 Å². The molecular formula is C17H23ClN4OS. The minimum atomic E-state index is 0.520. The molecule has 5 nitrogen and oxygen atoms in total. The van der Waals surface area contributed by atoms with E-state index in [2.05, 4.69) is 27.5 Å². The number of aryl methyl sites for hydroxylation is 1. The van der Waals surface area contributed by atoms with Crippen LogP contribution in [-0.4, -0.2) is 31.1 Å². The van der Waals surface area contributed by atoms with Gasteiger partial charge in [-0.1, -0.05) is 17.7 Å². The van der Waals surface area contributed by atoms with Crippen molar-refractivity contribution in [1.82, 2.24) is 15.6 Å². The van der Waals surface area contributed by atoms with Crippen molar-refractivity contribution in [2.45, 2.75) is 26.8 Å². The van der Waals surface area contributed by atoms with E-state index in [1.807, 2.05) is 25.3 Å². The summed E-state index contributed by atoms with van der Waals surface area (Å²) in [5.74, 6) is 1.53. The number of nitrogens with one attached hydrogen (secondary N) is 2. The molecule has 0 radical (unpaired) electrons. The van der Waals surface area contributed by atoms with Crippen LogP contribution in [0.5, 0.6) is 5.75 Å². The summed E-state index contributed by atoms with van der Waals surface area (Å²) in [7, 11) is 1.64. The van der Waals surface area contributed by atoms with Gasteiger partial charge in [0, 0.05) is 41.2 Å². The fraction of sp³-hybridized carbons (Fsp3) is 0.412. The number of guanidine groups is 1. The van der Waals surface area contributed by atoms with Crippen LogP contribution in [0.2, 0.25) is 5.02 Å². The number of benzene rings is 1. The van der Waals surface area contributed by atoms with Crippen molar-refractivity contribution in [2.24, 2.45) is 4.99 Å². The first-order valence-electron chi connectivity index (χ1n) is 7.88. The second kappa shape index (κ2) is 9.49. The molecule has 0 aliphatic heterocycles. The molecule has 24 heavy (non-hydrogen) atoms. The first-order chi connectivity index (χ1) is 11.6. The summed E-state index contributed by atoms with van der Waals surface area (Å²) in [5, 5.41) is 8.37. The van der Waals surface area contributed by atoms with Gasteiger partial charge in [0.1, 0.15) is 5.75 Å². The fourth-order valence-corrected chi connectivity index (χ4v) is 3.11. The summed E-state index contributed by atoms with van der Waals surface area (Å²) in [5.41, 5.74) is 0.995. The molecule has 2 N–H and O–H groups in total. The van der Waals surface area contributed by atoms with E-state index in [9.17, 15) is 0 Å². The molecular weight excluding hydrogens is 344 g/mol. The van der Waals surface area contributed by atoms with E-state index in [1.165, 1.54) is 4.88 Å². The SMILES string of the molecule is CCNC(=NCc1ccc(Cl)cc1OC)NCCc1ncc(C)s1. The normalized spacial score (nSPS) is 11.4. The van der Waals surface area contributed by atoms with Crippen LogP contribution in [0.15, 0.2) is 29.4 Å². The molecule has 0 saturated carbocycles. The van der Waals surface area contributed by atoms with Gasteiger partial charge in [0.25, 0.3) is 0 Å². The van der Waals surface area contributed by atoms with Crippen LogP contribution in [0.3, 0.4) is 0 Å². The lowest BCUT2D eigenvalue weighted by atomic mass is 10.2. The van der Waals surface area contributed by atoms with Gasteiger partial charge in [-0.2, -0.15) is 0 Å². The van der Waals surface area contributed by atoms with E-state index in [4.69, 9.17) is 16.3 Å². The Morgan fingerprint density at radius 1 is 1.38 bits per heavy atom. The number of halogens is 1. The Hall–Kier alpha value is -1.79. The molecule has 1 aromatic carbocycles. The summed E-state index contributed by atoms with van der Waals surface area (Å²) >= 11 is 7.72. The zero-order valence-electron chi connectivity index (χ0n) is 14.2. The number of ether oxygens (including phenoxy) is 1. The van der Waals surface area contributed by atoms with Crippen LogP contribution >= 0.6 is 22.9 Å². The van der Waals surface area contributed by atoms with Gasteiger partial charge in [0.15, 0.2) is 5.96 Å². The van der Waals surface area contributed by atoms with Gasteiger partial charge >= 0.3 is 0 Å². The number of aliphatic imine (C=N–C) groups is 1. The number of aromatic nitrogens is 1. The Labute approximate surface area is 152 Å². The molecule has 0 spiro atoms. The van der Waals surface area contributed by atoms with E-state index in [-0.39, 0.29) is 0 Å². The van der Waals surface area contributed by atoms with Crippen molar-refractivity contribution in [3.8, 4) is 5.75 Å². The first kappa shape index (κ1) is 18.5. The molecule has 2 aromatic rings. The molecule has 0 aliphatic carbocycles. The van der Waals surface area contributed by atoms with Gasteiger partial charge in [0.05, 0.1) is 18.7 Å². The van der Waals surface area contributed by atoms with Crippen molar-refractivity contribution in [3.63, 3.8) is 0 Å². The van der Waals surface area contributed by atoms with Crippen LogP contribution in [-0.2, 0) is 13.0 Å². The minimum absolute atomic E-state index is 0.520. The van der Waals surface area contributed by atoms with Crippen LogP contribution in [0.1, 0.15) is 22.4 Å². The quantitative estimate of drug-likeness (QED) is 0.582. The van der Waals surface area contributed by atoms with Gasteiger partial charge in [-0.05, 0) is 26.0 Å². The number of thiazole rings is 1. The topological polar surface area (TPSA) is 58.5 Å². The summed E-state index contributed by atoms with van der Waals surface area (Å²) in [4.78, 5) is 10.2. The zero-order chi connectivity index (χ0) is 17.4. The third-order valence-corrected chi connectivity index (χ3v) is 4.51. The Morgan fingerprint density at radius 3 is 2.88 bits per heavy atom. The summed E-state index contributed by atoms with van der Waals surface area (Å²) < 4.78 is 5.36. The van der Waals surface area contributed by atoms with Crippen LogP contribution in [0.4, 0.5) is 0 Å². The largest absolute Gasteiger partial charge is 0.496 e. The van der Waals surface area contributed by atoms with Gasteiger partial charge in [-0.25, -0.2) is 9.98 Å². The molecule has 7 heteroatoms. The molecule has 0 unspecified atom stereocenters. The standard InChI is InChI=1S/C17H23ClN4OS/c1-4-19-17(20-8-7-16-21-10-12(2)24-16)22-11-13-5-6-14(18)9-15(13)23-3/h5-6,9-10H,4,7-8,11H2,1-3H3,(H2,19,20,22). The van der Waals surface area contributed by atoms with Crippen LogP contribution in [0, 0.1) is 6.92 Å². The predicted molar refractivity (Wildman–Crippen MR) is 101 cm³/mol. The molecule has 0 amide bonds. The smallest absolute Gasteiger partial charge is 0.191 e. The van der Waals surface area contributed by atoms with E-state index in [0.717, 1.165) is 41.8 Å². The maximum atomic E-state index is 5.99. The Morgan fingerprint density at radius 2 is 2.21 bits per heavy atom. The molecule has 0 fully saturated rings. The lowest BCUT2D eigenvalue weighted by Crippen LogP contribution is -2.38. The average Bonchev–Trinajstić information content (AvgIpc) is 2.98. The maximum absolute atomic E-state index is 5.99. The predicted octanol–water partition coefficient (Wildman–Crippen LogP) is 3.41. The minimum Gasteiger partial charge on any atom is -0.496 e. The lowest BCUT2D eigenvalue weighted by Gasteiger charge is -2.12. The van der Waals surface area contributed by atoms with Gasteiger partial charge in [-0.15, -0.1) is 11.3 Å². The number of rotatable bonds is 7. The van der Waals surface area contributed by atoms with Gasteiger partial charge < -0.3 is 15.4 Å². The molecule has 0 saturated heterocycles. The lowest BCUT2D eigenvalue weighted by molar-refractivity contribution is 0.410. The average molecular weight is 367 g/mol. The third kappa shape index (κ3) is 5.69. The van der Waals surface area contributed by atoms with Gasteiger partial charge in [-0.3, -0.25) is 0 Å². The highest BCUT2D eigenvalue weighted by Gasteiger charge is 2.05. The Balaban J connectivity index is 1.94.